The van der Waals surface area contributed by atoms with Crippen LogP contribution in [0.4, 0.5) is 13.6 Å². The molecule has 0 spiro atoms. The Morgan fingerprint density at radius 3 is 2.38 bits per heavy atom. The summed E-state index contributed by atoms with van der Waals surface area (Å²) in [6.45, 7) is 0.501. The van der Waals surface area contributed by atoms with Crippen LogP contribution in [0.5, 0.6) is 0 Å². The van der Waals surface area contributed by atoms with E-state index < -0.39 is 17.2 Å². The molecular weight excluding hydrogens is 278 g/mol. The number of amides is 2. The lowest BCUT2D eigenvalue weighted by Crippen LogP contribution is -2.45. The summed E-state index contributed by atoms with van der Waals surface area (Å²) in [5.74, 6) is -1.25. The monoisotopic (exact) mass is 298 g/mol. The predicted octanol–water partition coefficient (Wildman–Crippen LogP) is 2.11. The molecule has 0 unspecified atom stereocenters. The molecule has 3 N–H and O–H groups in total. The zero-order chi connectivity index (χ0) is 15.3. The van der Waals surface area contributed by atoms with E-state index in [1.807, 2.05) is 0 Å². The van der Waals surface area contributed by atoms with Crippen molar-refractivity contribution in [3.05, 3.63) is 35.4 Å². The maximum atomic E-state index is 13.0. The van der Waals surface area contributed by atoms with Crippen molar-refractivity contribution in [2.75, 3.05) is 13.1 Å². The fourth-order valence-corrected chi connectivity index (χ4v) is 2.59. The van der Waals surface area contributed by atoms with E-state index >= 15 is 0 Å². The van der Waals surface area contributed by atoms with Gasteiger partial charge in [-0.15, -0.1) is 0 Å². The van der Waals surface area contributed by atoms with Crippen LogP contribution in [0.1, 0.15) is 31.2 Å². The molecule has 1 aromatic carbocycles. The highest BCUT2D eigenvalue weighted by atomic mass is 19.1. The van der Waals surface area contributed by atoms with E-state index in [9.17, 15) is 18.7 Å². The third-order valence-corrected chi connectivity index (χ3v) is 3.73. The average molecular weight is 298 g/mol. The molecule has 0 aliphatic heterocycles. The number of hydrogen-bond donors (Lipinski definition) is 3. The van der Waals surface area contributed by atoms with Gasteiger partial charge in [-0.1, -0.05) is 12.8 Å². The number of halogens is 2. The van der Waals surface area contributed by atoms with Crippen LogP contribution in [0, 0.1) is 11.6 Å². The van der Waals surface area contributed by atoms with Crippen molar-refractivity contribution in [3.63, 3.8) is 0 Å². The second-order valence-corrected chi connectivity index (χ2v) is 5.57. The lowest BCUT2D eigenvalue weighted by Gasteiger charge is -2.22. The fraction of sp³-hybridized carbons (Fsp3) is 0.533. The topological polar surface area (TPSA) is 61.4 Å². The first kappa shape index (κ1) is 15.7. The molecule has 21 heavy (non-hydrogen) atoms. The highest BCUT2D eigenvalue weighted by Gasteiger charge is 2.31. The van der Waals surface area contributed by atoms with Crippen molar-refractivity contribution >= 4 is 6.03 Å². The van der Waals surface area contributed by atoms with Gasteiger partial charge >= 0.3 is 6.03 Å². The van der Waals surface area contributed by atoms with Crippen LogP contribution in [0.25, 0.3) is 0 Å². The number of rotatable bonds is 5. The van der Waals surface area contributed by atoms with Crippen LogP contribution in [0.15, 0.2) is 18.2 Å². The Hall–Kier alpha value is -1.69. The molecule has 116 valence electrons. The molecule has 0 aromatic heterocycles. The molecule has 0 radical (unpaired) electrons. The summed E-state index contributed by atoms with van der Waals surface area (Å²) in [6.07, 6.45) is 3.70. The van der Waals surface area contributed by atoms with E-state index in [0.29, 0.717) is 24.8 Å². The summed E-state index contributed by atoms with van der Waals surface area (Å²) in [7, 11) is 0. The minimum atomic E-state index is -0.789. The van der Waals surface area contributed by atoms with Crippen molar-refractivity contribution in [1.82, 2.24) is 10.6 Å². The molecule has 0 atom stereocenters. The highest BCUT2D eigenvalue weighted by Crippen LogP contribution is 2.28. The van der Waals surface area contributed by atoms with E-state index in [2.05, 4.69) is 10.6 Å². The minimum absolute atomic E-state index is 0.230. The first-order valence-electron chi connectivity index (χ1n) is 7.16. The van der Waals surface area contributed by atoms with Crippen molar-refractivity contribution in [1.29, 1.82) is 0 Å². The van der Waals surface area contributed by atoms with Gasteiger partial charge in [-0.05, 0) is 37.0 Å². The van der Waals surface area contributed by atoms with Gasteiger partial charge in [0.25, 0.3) is 0 Å². The Bertz CT molecular complexity index is 482. The van der Waals surface area contributed by atoms with E-state index in [-0.39, 0.29) is 19.1 Å². The molecule has 1 aromatic rings. The fourth-order valence-electron chi connectivity index (χ4n) is 2.59. The number of aliphatic hydroxyl groups is 1. The first-order valence-corrected chi connectivity index (χ1v) is 7.16. The normalized spacial score (nSPS) is 16.7. The Morgan fingerprint density at radius 1 is 1.14 bits per heavy atom. The van der Waals surface area contributed by atoms with Gasteiger partial charge in [0.05, 0.1) is 5.60 Å². The molecule has 0 heterocycles. The molecule has 0 bridgehead atoms. The summed E-state index contributed by atoms with van der Waals surface area (Å²) in [5.41, 5.74) is -0.300. The van der Waals surface area contributed by atoms with Crippen molar-refractivity contribution < 1.29 is 18.7 Å². The Morgan fingerprint density at radius 2 is 1.76 bits per heavy atom. The van der Waals surface area contributed by atoms with Crippen LogP contribution in [0.2, 0.25) is 0 Å². The van der Waals surface area contributed by atoms with Crippen LogP contribution in [-0.4, -0.2) is 29.8 Å². The van der Waals surface area contributed by atoms with Gasteiger partial charge in [-0.25, -0.2) is 13.6 Å². The minimum Gasteiger partial charge on any atom is -0.388 e. The summed E-state index contributed by atoms with van der Waals surface area (Å²) in [4.78, 5) is 11.6. The third kappa shape index (κ3) is 4.97. The second-order valence-electron chi connectivity index (χ2n) is 5.57. The van der Waals surface area contributed by atoms with Gasteiger partial charge in [0.1, 0.15) is 11.6 Å². The van der Waals surface area contributed by atoms with Gasteiger partial charge < -0.3 is 15.7 Å². The zero-order valence-electron chi connectivity index (χ0n) is 11.8. The molecule has 4 nitrogen and oxygen atoms in total. The largest absolute Gasteiger partial charge is 0.388 e. The van der Waals surface area contributed by atoms with Gasteiger partial charge in [0, 0.05) is 19.2 Å². The number of hydrogen-bond acceptors (Lipinski definition) is 2. The van der Waals surface area contributed by atoms with Crippen molar-refractivity contribution in [2.45, 2.75) is 37.7 Å². The maximum absolute atomic E-state index is 13.0. The summed E-state index contributed by atoms with van der Waals surface area (Å²) < 4.78 is 26.0. The van der Waals surface area contributed by atoms with Crippen LogP contribution in [0.3, 0.4) is 0 Å². The van der Waals surface area contributed by atoms with Crippen molar-refractivity contribution in [2.24, 2.45) is 0 Å². The number of carbonyl (C=O) groups is 1. The predicted molar refractivity (Wildman–Crippen MR) is 74.9 cm³/mol. The first-order chi connectivity index (χ1) is 9.97. The second kappa shape index (κ2) is 6.85. The molecule has 1 saturated carbocycles. The Kier molecular flexibility index (Phi) is 5.12. The Labute approximate surface area is 122 Å². The smallest absolute Gasteiger partial charge is 0.314 e. The standard InChI is InChI=1S/C15H20F2N2O2/c16-12-7-11(8-13(17)9-12)3-6-18-14(20)19-10-15(21)4-1-2-5-15/h7-9,21H,1-6,10H2,(H2,18,19,20). The van der Waals surface area contributed by atoms with Gasteiger partial charge in [0.2, 0.25) is 0 Å². The number of nitrogens with one attached hydrogen (secondary N) is 2. The Balaban J connectivity index is 1.69. The van der Waals surface area contributed by atoms with E-state index in [0.717, 1.165) is 18.9 Å². The van der Waals surface area contributed by atoms with Gasteiger partial charge in [0.15, 0.2) is 0 Å². The SMILES string of the molecule is O=C(NCCc1cc(F)cc(F)c1)NCC1(O)CCCC1. The summed E-state index contributed by atoms with van der Waals surface area (Å²) >= 11 is 0. The molecule has 2 amide bonds. The molecular formula is C15H20F2N2O2. The van der Waals surface area contributed by atoms with E-state index in [1.54, 1.807) is 0 Å². The summed E-state index contributed by atoms with van der Waals surface area (Å²) in [5, 5.41) is 15.3. The molecule has 6 heteroatoms. The average Bonchev–Trinajstić information content (AvgIpc) is 2.83. The molecule has 2 rings (SSSR count). The highest BCUT2D eigenvalue weighted by molar-refractivity contribution is 5.73. The molecule has 1 aliphatic carbocycles. The lowest BCUT2D eigenvalue weighted by molar-refractivity contribution is 0.0501. The zero-order valence-corrected chi connectivity index (χ0v) is 11.8. The van der Waals surface area contributed by atoms with Crippen LogP contribution >= 0.6 is 0 Å². The lowest BCUT2D eigenvalue weighted by atomic mass is 10.0. The summed E-state index contributed by atoms with van der Waals surface area (Å²) in [6, 6.07) is 2.91. The van der Waals surface area contributed by atoms with Gasteiger partial charge in [-0.2, -0.15) is 0 Å². The van der Waals surface area contributed by atoms with Crippen molar-refractivity contribution in [3.8, 4) is 0 Å². The molecule has 1 fully saturated rings. The van der Waals surface area contributed by atoms with Crippen LogP contribution < -0.4 is 10.6 Å². The maximum Gasteiger partial charge on any atom is 0.314 e. The number of carbonyl (C=O) groups excluding carboxylic acids is 1. The van der Waals surface area contributed by atoms with E-state index in [1.165, 1.54) is 12.1 Å². The molecule has 1 aliphatic rings. The van der Waals surface area contributed by atoms with E-state index in [4.69, 9.17) is 0 Å². The number of benzene rings is 1. The number of urea groups is 1. The van der Waals surface area contributed by atoms with Gasteiger partial charge in [-0.3, -0.25) is 0 Å². The third-order valence-electron chi connectivity index (χ3n) is 3.73. The quantitative estimate of drug-likeness (QED) is 0.779. The van der Waals surface area contributed by atoms with Crippen LogP contribution in [-0.2, 0) is 6.42 Å². The molecule has 0 saturated heterocycles.